The van der Waals surface area contributed by atoms with Gasteiger partial charge in [0.2, 0.25) is 0 Å². The summed E-state index contributed by atoms with van der Waals surface area (Å²) in [6, 6.07) is 10.6. The van der Waals surface area contributed by atoms with Gasteiger partial charge in [-0.2, -0.15) is 0 Å². The maximum Gasteiger partial charge on any atom is 0.0351 e. The first-order valence-corrected chi connectivity index (χ1v) is 8.15. The molecular weight excluding hydrogens is 230 g/mol. The van der Waals surface area contributed by atoms with E-state index in [9.17, 15) is 0 Å². The fourth-order valence-electron chi connectivity index (χ4n) is 3.41. The fourth-order valence-corrected chi connectivity index (χ4v) is 3.41. The van der Waals surface area contributed by atoms with Gasteiger partial charge in [0, 0.05) is 12.1 Å². The zero-order valence-electron chi connectivity index (χ0n) is 12.2. The molecule has 1 atom stereocenters. The molecule has 19 heavy (non-hydrogen) atoms. The van der Waals surface area contributed by atoms with Gasteiger partial charge in [0.25, 0.3) is 0 Å². The summed E-state index contributed by atoms with van der Waals surface area (Å²) in [5, 5.41) is 3.99. The fraction of sp³-hybridized carbons (Fsp3) is 0.667. The van der Waals surface area contributed by atoms with E-state index in [1.54, 1.807) is 0 Å². The van der Waals surface area contributed by atoms with E-state index in [4.69, 9.17) is 0 Å². The van der Waals surface area contributed by atoms with Crippen molar-refractivity contribution in [2.24, 2.45) is 5.92 Å². The summed E-state index contributed by atoms with van der Waals surface area (Å²) >= 11 is 0. The Hall–Kier alpha value is -0.820. The lowest BCUT2D eigenvalue weighted by molar-refractivity contribution is 0.373. The minimum atomic E-state index is 0.615. The van der Waals surface area contributed by atoms with Crippen molar-refractivity contribution >= 4 is 0 Å². The lowest BCUT2D eigenvalue weighted by Crippen LogP contribution is -2.33. The Balaban J connectivity index is 1.68. The highest BCUT2D eigenvalue weighted by atomic mass is 15.0. The first-order valence-electron chi connectivity index (χ1n) is 8.15. The molecule has 2 aliphatic carbocycles. The van der Waals surface area contributed by atoms with E-state index in [0.717, 1.165) is 12.0 Å². The molecule has 0 radical (unpaired) electrons. The number of aryl methyl sites for hydroxylation is 1. The number of rotatable bonds is 4. The average Bonchev–Trinajstić information content (AvgIpc) is 3.25. The van der Waals surface area contributed by atoms with Crippen LogP contribution in [0.15, 0.2) is 24.3 Å². The largest absolute Gasteiger partial charge is 0.307 e. The van der Waals surface area contributed by atoms with Crippen LogP contribution in [0.2, 0.25) is 0 Å². The molecule has 0 aliphatic heterocycles. The van der Waals surface area contributed by atoms with Crippen molar-refractivity contribution in [1.82, 2.24) is 5.32 Å². The van der Waals surface area contributed by atoms with Gasteiger partial charge in [-0.15, -0.1) is 0 Å². The number of hydrogen-bond acceptors (Lipinski definition) is 1. The average molecular weight is 257 g/mol. The highest BCUT2D eigenvalue weighted by Gasteiger charge is 2.33. The van der Waals surface area contributed by atoms with Crippen LogP contribution in [0.25, 0.3) is 0 Å². The SMILES string of the molecule is Cc1ccc(C(NC2CCCCCC2)C2CC2)cc1. The Morgan fingerprint density at radius 2 is 1.53 bits per heavy atom. The first kappa shape index (κ1) is 13.2. The molecule has 104 valence electrons. The molecule has 0 aromatic heterocycles. The molecule has 1 aromatic carbocycles. The molecule has 3 rings (SSSR count). The molecule has 0 saturated heterocycles. The Morgan fingerprint density at radius 3 is 2.11 bits per heavy atom. The summed E-state index contributed by atoms with van der Waals surface area (Å²) in [5.74, 6) is 0.894. The van der Waals surface area contributed by atoms with Crippen LogP contribution in [-0.2, 0) is 0 Å². The molecule has 1 heteroatoms. The summed E-state index contributed by atoms with van der Waals surface area (Å²) in [7, 11) is 0. The number of benzene rings is 1. The molecule has 2 saturated carbocycles. The van der Waals surface area contributed by atoms with E-state index in [2.05, 4.69) is 36.5 Å². The van der Waals surface area contributed by atoms with Gasteiger partial charge in [0.1, 0.15) is 0 Å². The smallest absolute Gasteiger partial charge is 0.0351 e. The molecule has 1 unspecified atom stereocenters. The highest BCUT2D eigenvalue weighted by molar-refractivity contribution is 5.25. The second-order valence-corrected chi connectivity index (χ2v) is 6.58. The van der Waals surface area contributed by atoms with Crippen LogP contribution < -0.4 is 5.32 Å². The topological polar surface area (TPSA) is 12.0 Å². The third-order valence-electron chi connectivity index (χ3n) is 4.80. The van der Waals surface area contributed by atoms with Gasteiger partial charge < -0.3 is 5.32 Å². The van der Waals surface area contributed by atoms with Crippen molar-refractivity contribution in [3.8, 4) is 0 Å². The van der Waals surface area contributed by atoms with E-state index < -0.39 is 0 Å². The Morgan fingerprint density at radius 1 is 0.895 bits per heavy atom. The zero-order chi connectivity index (χ0) is 13.1. The lowest BCUT2D eigenvalue weighted by atomic mass is 9.98. The summed E-state index contributed by atoms with van der Waals surface area (Å²) < 4.78 is 0. The van der Waals surface area contributed by atoms with Gasteiger partial charge >= 0.3 is 0 Å². The quantitative estimate of drug-likeness (QED) is 0.767. The Bertz CT molecular complexity index is 383. The van der Waals surface area contributed by atoms with Crippen molar-refractivity contribution in [3.63, 3.8) is 0 Å². The Kier molecular flexibility index (Phi) is 4.22. The van der Waals surface area contributed by atoms with Crippen molar-refractivity contribution < 1.29 is 0 Å². The molecular formula is C18H27N. The van der Waals surface area contributed by atoms with Crippen LogP contribution in [-0.4, -0.2) is 6.04 Å². The summed E-state index contributed by atoms with van der Waals surface area (Å²) in [6.07, 6.45) is 11.3. The van der Waals surface area contributed by atoms with Gasteiger partial charge in [-0.25, -0.2) is 0 Å². The maximum atomic E-state index is 3.99. The van der Waals surface area contributed by atoms with Crippen molar-refractivity contribution in [2.75, 3.05) is 0 Å². The zero-order valence-corrected chi connectivity index (χ0v) is 12.2. The number of nitrogens with one attached hydrogen (secondary N) is 1. The summed E-state index contributed by atoms with van der Waals surface area (Å²) in [6.45, 7) is 2.18. The molecule has 1 aromatic rings. The molecule has 2 fully saturated rings. The highest BCUT2D eigenvalue weighted by Crippen LogP contribution is 2.41. The standard InChI is InChI=1S/C18H27N/c1-14-8-10-15(11-9-14)18(16-12-13-16)19-17-6-4-2-3-5-7-17/h8-11,16-19H,2-7,12-13H2,1H3. The molecule has 2 aliphatic rings. The van der Waals surface area contributed by atoms with E-state index in [1.165, 1.54) is 62.5 Å². The van der Waals surface area contributed by atoms with Crippen LogP contribution in [0.1, 0.15) is 68.5 Å². The van der Waals surface area contributed by atoms with Crippen molar-refractivity contribution in [3.05, 3.63) is 35.4 Å². The molecule has 1 N–H and O–H groups in total. The summed E-state index contributed by atoms with van der Waals surface area (Å²) in [4.78, 5) is 0. The molecule has 0 heterocycles. The van der Waals surface area contributed by atoms with E-state index >= 15 is 0 Å². The van der Waals surface area contributed by atoms with Gasteiger partial charge in [0.05, 0.1) is 0 Å². The molecule has 0 amide bonds. The van der Waals surface area contributed by atoms with E-state index in [0.29, 0.717) is 6.04 Å². The Labute approximate surface area is 117 Å². The van der Waals surface area contributed by atoms with Gasteiger partial charge in [0.15, 0.2) is 0 Å². The van der Waals surface area contributed by atoms with Gasteiger partial charge in [-0.05, 0) is 44.1 Å². The normalized spacial score (nSPS) is 23.0. The molecule has 1 nitrogen and oxygen atoms in total. The summed E-state index contributed by atoms with van der Waals surface area (Å²) in [5.41, 5.74) is 2.88. The van der Waals surface area contributed by atoms with Crippen LogP contribution in [0, 0.1) is 12.8 Å². The predicted molar refractivity (Wildman–Crippen MR) is 81.3 cm³/mol. The molecule has 0 spiro atoms. The third kappa shape index (κ3) is 3.60. The van der Waals surface area contributed by atoms with Gasteiger partial charge in [-0.1, -0.05) is 55.5 Å². The second-order valence-electron chi connectivity index (χ2n) is 6.58. The minimum Gasteiger partial charge on any atom is -0.307 e. The van der Waals surface area contributed by atoms with Crippen molar-refractivity contribution in [2.45, 2.75) is 70.4 Å². The van der Waals surface area contributed by atoms with Gasteiger partial charge in [-0.3, -0.25) is 0 Å². The number of hydrogen-bond donors (Lipinski definition) is 1. The molecule has 0 bridgehead atoms. The van der Waals surface area contributed by atoms with Crippen molar-refractivity contribution in [1.29, 1.82) is 0 Å². The second kappa shape index (κ2) is 6.09. The van der Waals surface area contributed by atoms with Crippen LogP contribution in [0.4, 0.5) is 0 Å². The monoisotopic (exact) mass is 257 g/mol. The van der Waals surface area contributed by atoms with Crippen LogP contribution in [0.5, 0.6) is 0 Å². The predicted octanol–water partition coefficient (Wildman–Crippen LogP) is 4.76. The lowest BCUT2D eigenvalue weighted by Gasteiger charge is -2.25. The third-order valence-corrected chi connectivity index (χ3v) is 4.80. The maximum absolute atomic E-state index is 3.99. The minimum absolute atomic E-state index is 0.615. The van der Waals surface area contributed by atoms with E-state index in [-0.39, 0.29) is 0 Å². The first-order chi connectivity index (χ1) is 9.33. The van der Waals surface area contributed by atoms with Crippen LogP contribution in [0.3, 0.4) is 0 Å². The van der Waals surface area contributed by atoms with E-state index in [1.807, 2.05) is 0 Å². The van der Waals surface area contributed by atoms with Crippen LogP contribution >= 0.6 is 0 Å².